The van der Waals surface area contributed by atoms with Crippen LogP contribution >= 0.6 is 0 Å². The van der Waals surface area contributed by atoms with Gasteiger partial charge in [0.25, 0.3) is 5.91 Å². The van der Waals surface area contributed by atoms with Gasteiger partial charge in [0.05, 0.1) is 6.10 Å². The normalized spacial score (nSPS) is 16.6. The van der Waals surface area contributed by atoms with Crippen LogP contribution in [0.3, 0.4) is 0 Å². The minimum Gasteiger partial charge on any atom is -0.489 e. The molecule has 5 heteroatoms. The van der Waals surface area contributed by atoms with Gasteiger partial charge in [0.15, 0.2) is 0 Å². The number of nitrogens with one attached hydrogen (secondary N) is 1. The number of benzene rings is 2. The Balaban J connectivity index is 1.55. The highest BCUT2D eigenvalue weighted by atomic mass is 16.5. The molecule has 1 N–H and O–H groups in total. The van der Waals surface area contributed by atoms with E-state index in [1.807, 2.05) is 60.7 Å². The molecule has 1 unspecified atom stereocenters. The molecule has 2 aromatic rings. The Labute approximate surface area is 159 Å². The zero-order chi connectivity index (χ0) is 18.9. The van der Waals surface area contributed by atoms with Crippen molar-refractivity contribution in [2.75, 3.05) is 13.2 Å². The van der Waals surface area contributed by atoms with Gasteiger partial charge in [-0.05, 0) is 42.2 Å². The molecule has 1 amide bonds. The average molecular weight is 362 g/mol. The highest BCUT2D eigenvalue weighted by Gasteiger charge is 2.17. The van der Waals surface area contributed by atoms with Crippen molar-refractivity contribution in [2.45, 2.75) is 25.6 Å². The van der Waals surface area contributed by atoms with E-state index in [-0.39, 0.29) is 17.6 Å². The Hall–Kier alpha value is -3.10. The molecule has 27 heavy (non-hydrogen) atoms. The zero-order valence-corrected chi connectivity index (χ0v) is 15.1. The van der Waals surface area contributed by atoms with Gasteiger partial charge in [-0.1, -0.05) is 42.5 Å². The molecule has 0 saturated carbocycles. The summed E-state index contributed by atoms with van der Waals surface area (Å²) in [7, 11) is 0. The Morgan fingerprint density at radius 2 is 2.00 bits per heavy atom. The van der Waals surface area contributed by atoms with E-state index >= 15 is 0 Å². The van der Waals surface area contributed by atoms with E-state index in [4.69, 9.17) is 9.47 Å². The van der Waals surface area contributed by atoms with Crippen molar-refractivity contribution < 1.29 is 14.3 Å². The van der Waals surface area contributed by atoms with Crippen molar-refractivity contribution >= 4 is 12.0 Å². The maximum Gasteiger partial charge on any atom is 0.262 e. The van der Waals surface area contributed by atoms with Gasteiger partial charge in [0.2, 0.25) is 0 Å². The molecule has 3 rings (SSSR count). The molecule has 2 aromatic carbocycles. The van der Waals surface area contributed by atoms with E-state index in [0.717, 1.165) is 36.3 Å². The van der Waals surface area contributed by atoms with Crippen molar-refractivity contribution in [2.24, 2.45) is 0 Å². The molecular formula is C22H22N2O3. The number of carbonyl (C=O) groups excluding carboxylic acids is 1. The smallest absolute Gasteiger partial charge is 0.262 e. The molecule has 0 radical (unpaired) electrons. The summed E-state index contributed by atoms with van der Waals surface area (Å²) in [6.07, 6.45) is 3.58. The van der Waals surface area contributed by atoms with E-state index in [2.05, 4.69) is 5.32 Å². The zero-order valence-electron chi connectivity index (χ0n) is 15.1. The first-order chi connectivity index (χ1) is 13.2. The number of carbonyl (C=O) groups is 1. The molecule has 1 aliphatic heterocycles. The molecule has 138 valence electrons. The Kier molecular flexibility index (Phi) is 6.61. The summed E-state index contributed by atoms with van der Waals surface area (Å²) in [6, 6.07) is 19.2. The van der Waals surface area contributed by atoms with Gasteiger partial charge >= 0.3 is 0 Å². The fourth-order valence-corrected chi connectivity index (χ4v) is 2.82. The van der Waals surface area contributed by atoms with Crippen molar-refractivity contribution in [3.05, 3.63) is 71.3 Å². The first kappa shape index (κ1) is 18.7. The summed E-state index contributed by atoms with van der Waals surface area (Å²) in [5.41, 5.74) is 1.94. The molecule has 1 saturated heterocycles. The molecule has 1 atom stereocenters. The highest BCUT2D eigenvalue weighted by Crippen LogP contribution is 2.16. The number of amides is 1. The molecule has 0 bridgehead atoms. The molecule has 5 nitrogen and oxygen atoms in total. The number of hydrogen-bond acceptors (Lipinski definition) is 4. The standard InChI is InChI=1S/C22H22N2O3/c23-14-19(22(25)24-15-21-7-4-12-26-21)13-17-8-10-20(11-9-17)27-16-18-5-2-1-3-6-18/h1-3,5-6,8-11,13,21H,4,7,12,15-16H2,(H,24,25). The second kappa shape index (κ2) is 9.56. The van der Waals surface area contributed by atoms with E-state index < -0.39 is 0 Å². The lowest BCUT2D eigenvalue weighted by atomic mass is 10.1. The van der Waals surface area contributed by atoms with Gasteiger partial charge in [0, 0.05) is 13.2 Å². The molecule has 1 fully saturated rings. The van der Waals surface area contributed by atoms with Gasteiger partial charge < -0.3 is 14.8 Å². The maximum absolute atomic E-state index is 12.2. The van der Waals surface area contributed by atoms with Crippen LogP contribution in [0.25, 0.3) is 6.08 Å². The highest BCUT2D eigenvalue weighted by molar-refractivity contribution is 6.01. The Morgan fingerprint density at radius 3 is 2.67 bits per heavy atom. The van der Waals surface area contributed by atoms with Gasteiger partial charge in [0.1, 0.15) is 24.0 Å². The lowest BCUT2D eigenvalue weighted by Gasteiger charge is -2.10. The molecule has 0 aromatic heterocycles. The van der Waals surface area contributed by atoms with Crippen molar-refractivity contribution in [1.29, 1.82) is 5.26 Å². The second-order valence-electron chi connectivity index (χ2n) is 6.36. The van der Waals surface area contributed by atoms with Crippen LogP contribution in [0.2, 0.25) is 0 Å². The van der Waals surface area contributed by atoms with Gasteiger partial charge in [-0.3, -0.25) is 4.79 Å². The summed E-state index contributed by atoms with van der Waals surface area (Å²) >= 11 is 0. The fraction of sp³-hybridized carbons (Fsp3) is 0.273. The number of ether oxygens (including phenoxy) is 2. The van der Waals surface area contributed by atoms with Crippen LogP contribution in [0.15, 0.2) is 60.2 Å². The summed E-state index contributed by atoms with van der Waals surface area (Å²) in [5.74, 6) is 0.356. The quantitative estimate of drug-likeness (QED) is 0.605. The van der Waals surface area contributed by atoms with Gasteiger partial charge in [-0.15, -0.1) is 0 Å². The molecule has 0 spiro atoms. The first-order valence-electron chi connectivity index (χ1n) is 9.03. The Bertz CT molecular complexity index is 817. The van der Waals surface area contributed by atoms with E-state index in [9.17, 15) is 10.1 Å². The lowest BCUT2D eigenvalue weighted by molar-refractivity contribution is -0.117. The monoisotopic (exact) mass is 362 g/mol. The number of rotatable bonds is 7. The van der Waals surface area contributed by atoms with E-state index in [1.54, 1.807) is 6.08 Å². The molecular weight excluding hydrogens is 340 g/mol. The van der Waals surface area contributed by atoms with Crippen LogP contribution in [-0.4, -0.2) is 25.2 Å². The van der Waals surface area contributed by atoms with Crippen molar-refractivity contribution in [3.63, 3.8) is 0 Å². The Morgan fingerprint density at radius 1 is 1.22 bits per heavy atom. The molecule has 0 aliphatic carbocycles. The fourth-order valence-electron chi connectivity index (χ4n) is 2.82. The van der Waals surface area contributed by atoms with E-state index in [0.29, 0.717) is 13.2 Å². The maximum atomic E-state index is 12.2. The number of nitriles is 1. The lowest BCUT2D eigenvalue weighted by Crippen LogP contribution is -2.32. The summed E-state index contributed by atoms with van der Waals surface area (Å²) < 4.78 is 11.2. The van der Waals surface area contributed by atoms with Crippen molar-refractivity contribution in [3.8, 4) is 11.8 Å². The van der Waals surface area contributed by atoms with Crippen LogP contribution in [0.5, 0.6) is 5.75 Å². The minimum absolute atomic E-state index is 0.0509. The number of hydrogen-bond donors (Lipinski definition) is 1. The average Bonchev–Trinajstić information content (AvgIpc) is 3.24. The SMILES string of the molecule is N#CC(=Cc1ccc(OCc2ccccc2)cc1)C(=O)NCC1CCCO1. The van der Waals surface area contributed by atoms with Crippen LogP contribution < -0.4 is 10.1 Å². The predicted molar refractivity (Wildman–Crippen MR) is 103 cm³/mol. The minimum atomic E-state index is -0.377. The third kappa shape index (κ3) is 5.70. The van der Waals surface area contributed by atoms with Gasteiger partial charge in [-0.2, -0.15) is 5.26 Å². The summed E-state index contributed by atoms with van der Waals surface area (Å²) in [6.45, 7) is 1.66. The largest absolute Gasteiger partial charge is 0.489 e. The summed E-state index contributed by atoms with van der Waals surface area (Å²) in [5, 5.41) is 12.0. The van der Waals surface area contributed by atoms with E-state index in [1.165, 1.54) is 0 Å². The van der Waals surface area contributed by atoms with Crippen LogP contribution in [0, 0.1) is 11.3 Å². The predicted octanol–water partition coefficient (Wildman–Crippen LogP) is 3.47. The topological polar surface area (TPSA) is 71.3 Å². The number of nitrogens with zero attached hydrogens (tertiary/aromatic N) is 1. The van der Waals surface area contributed by atoms with Crippen molar-refractivity contribution in [1.82, 2.24) is 5.32 Å². The second-order valence-corrected chi connectivity index (χ2v) is 6.36. The van der Waals surface area contributed by atoms with Crippen LogP contribution in [0.4, 0.5) is 0 Å². The third-order valence-electron chi connectivity index (χ3n) is 4.32. The molecule has 1 aliphatic rings. The first-order valence-corrected chi connectivity index (χ1v) is 9.03. The summed E-state index contributed by atoms with van der Waals surface area (Å²) in [4.78, 5) is 12.2. The molecule has 1 heterocycles. The van der Waals surface area contributed by atoms with Gasteiger partial charge in [-0.25, -0.2) is 0 Å². The van der Waals surface area contributed by atoms with Crippen LogP contribution in [-0.2, 0) is 16.1 Å². The van der Waals surface area contributed by atoms with Crippen LogP contribution in [0.1, 0.15) is 24.0 Å². The third-order valence-corrected chi connectivity index (χ3v) is 4.32.